The molecule has 2 rings (SSSR count). The number of hydrogen-bond donors (Lipinski definition) is 0. The molecule has 0 amide bonds. The van der Waals surface area contributed by atoms with Crippen molar-refractivity contribution in [3.63, 3.8) is 0 Å². The SMILES string of the molecule is CC(CCCCCCCCCCCCCCc1ccccc1)N1CCC(C)(C)C1. The Morgan fingerprint density at radius 2 is 1.28 bits per heavy atom. The molecular weight excluding hydrogens is 350 g/mol. The summed E-state index contributed by atoms with van der Waals surface area (Å²) in [6.07, 6.45) is 21.3. The maximum Gasteiger partial charge on any atom is 0.00671 e. The molecule has 1 aromatic carbocycles. The molecule has 0 aliphatic carbocycles. The van der Waals surface area contributed by atoms with Crippen LogP contribution >= 0.6 is 0 Å². The number of unbranched alkanes of at least 4 members (excludes halogenated alkanes) is 11. The lowest BCUT2D eigenvalue weighted by Crippen LogP contribution is -2.32. The number of hydrogen-bond acceptors (Lipinski definition) is 1. The molecule has 0 saturated carbocycles. The highest BCUT2D eigenvalue weighted by Gasteiger charge is 2.31. The van der Waals surface area contributed by atoms with E-state index in [4.69, 9.17) is 0 Å². The van der Waals surface area contributed by atoms with Crippen LogP contribution in [0.3, 0.4) is 0 Å². The van der Waals surface area contributed by atoms with Crippen LogP contribution in [0.25, 0.3) is 0 Å². The van der Waals surface area contributed by atoms with E-state index < -0.39 is 0 Å². The molecule has 1 atom stereocenters. The molecule has 0 aromatic heterocycles. The Morgan fingerprint density at radius 3 is 1.79 bits per heavy atom. The summed E-state index contributed by atoms with van der Waals surface area (Å²) in [5.74, 6) is 0. The molecule has 1 heterocycles. The molecular formula is C28H49N. The van der Waals surface area contributed by atoms with Gasteiger partial charge in [-0.15, -0.1) is 0 Å². The van der Waals surface area contributed by atoms with Gasteiger partial charge in [-0.25, -0.2) is 0 Å². The summed E-state index contributed by atoms with van der Waals surface area (Å²) in [6, 6.07) is 11.7. The number of rotatable bonds is 16. The Morgan fingerprint density at radius 1 is 0.759 bits per heavy atom. The third kappa shape index (κ3) is 11.2. The Hall–Kier alpha value is -0.820. The molecule has 1 aliphatic rings. The number of nitrogens with zero attached hydrogens (tertiary/aromatic N) is 1. The quantitative estimate of drug-likeness (QED) is 0.252. The fourth-order valence-electron chi connectivity index (χ4n) is 4.89. The van der Waals surface area contributed by atoms with Gasteiger partial charge in [-0.05, 0) is 50.1 Å². The molecule has 1 aromatic rings. The van der Waals surface area contributed by atoms with Crippen molar-refractivity contribution in [2.45, 2.75) is 123 Å². The third-order valence-electron chi connectivity index (χ3n) is 7.01. The van der Waals surface area contributed by atoms with Gasteiger partial charge in [-0.1, -0.05) is 115 Å². The van der Waals surface area contributed by atoms with Crippen LogP contribution in [0.15, 0.2) is 30.3 Å². The van der Waals surface area contributed by atoms with Crippen LogP contribution in [0.2, 0.25) is 0 Å². The van der Waals surface area contributed by atoms with Crippen molar-refractivity contribution in [2.24, 2.45) is 5.41 Å². The predicted octanol–water partition coefficient (Wildman–Crippen LogP) is 8.42. The fraction of sp³-hybridized carbons (Fsp3) is 0.786. The van der Waals surface area contributed by atoms with E-state index in [9.17, 15) is 0 Å². The van der Waals surface area contributed by atoms with E-state index in [2.05, 4.69) is 56.0 Å². The summed E-state index contributed by atoms with van der Waals surface area (Å²) in [6.45, 7) is 9.92. The lowest BCUT2D eigenvalue weighted by Gasteiger charge is -2.26. The molecule has 0 radical (unpaired) electrons. The molecule has 1 saturated heterocycles. The van der Waals surface area contributed by atoms with Crippen molar-refractivity contribution in [3.05, 3.63) is 35.9 Å². The zero-order chi connectivity index (χ0) is 20.8. The number of benzene rings is 1. The van der Waals surface area contributed by atoms with Crippen LogP contribution in [0.1, 0.15) is 116 Å². The first-order valence-corrected chi connectivity index (χ1v) is 12.8. The van der Waals surface area contributed by atoms with Gasteiger partial charge in [-0.3, -0.25) is 0 Å². The van der Waals surface area contributed by atoms with Gasteiger partial charge in [0.2, 0.25) is 0 Å². The molecule has 1 aliphatic heterocycles. The van der Waals surface area contributed by atoms with Crippen LogP contribution in [0.5, 0.6) is 0 Å². The third-order valence-corrected chi connectivity index (χ3v) is 7.01. The van der Waals surface area contributed by atoms with E-state index in [1.165, 1.54) is 115 Å². The fourth-order valence-corrected chi connectivity index (χ4v) is 4.89. The lowest BCUT2D eigenvalue weighted by atomic mass is 9.93. The average Bonchev–Trinajstić information content (AvgIpc) is 3.08. The van der Waals surface area contributed by atoms with Gasteiger partial charge < -0.3 is 4.90 Å². The number of aryl methyl sites for hydroxylation is 1. The first kappa shape index (κ1) is 24.4. The van der Waals surface area contributed by atoms with Gasteiger partial charge in [0.25, 0.3) is 0 Å². The van der Waals surface area contributed by atoms with E-state index in [-0.39, 0.29) is 0 Å². The van der Waals surface area contributed by atoms with Crippen molar-refractivity contribution in [1.29, 1.82) is 0 Å². The predicted molar refractivity (Wildman–Crippen MR) is 130 cm³/mol. The smallest absolute Gasteiger partial charge is 0.00671 e. The molecule has 1 unspecified atom stereocenters. The van der Waals surface area contributed by atoms with Crippen molar-refractivity contribution in [2.75, 3.05) is 13.1 Å². The Bertz CT molecular complexity index is 506. The summed E-state index contributed by atoms with van der Waals surface area (Å²) < 4.78 is 0. The van der Waals surface area contributed by atoms with E-state index >= 15 is 0 Å². The van der Waals surface area contributed by atoms with E-state index in [1.54, 1.807) is 0 Å². The molecule has 1 heteroatoms. The van der Waals surface area contributed by atoms with Crippen LogP contribution in [0.4, 0.5) is 0 Å². The van der Waals surface area contributed by atoms with Crippen molar-refractivity contribution >= 4 is 0 Å². The first-order valence-electron chi connectivity index (χ1n) is 12.8. The van der Waals surface area contributed by atoms with Gasteiger partial charge in [0, 0.05) is 12.6 Å². The van der Waals surface area contributed by atoms with Gasteiger partial charge in [0.05, 0.1) is 0 Å². The van der Waals surface area contributed by atoms with Crippen molar-refractivity contribution in [1.82, 2.24) is 4.90 Å². The lowest BCUT2D eigenvalue weighted by molar-refractivity contribution is 0.217. The topological polar surface area (TPSA) is 3.24 Å². The maximum absolute atomic E-state index is 2.72. The Kier molecular flexibility index (Phi) is 12.0. The highest BCUT2D eigenvalue weighted by Crippen LogP contribution is 2.31. The second-order valence-corrected chi connectivity index (χ2v) is 10.5. The van der Waals surface area contributed by atoms with Crippen LogP contribution in [-0.2, 0) is 6.42 Å². The molecule has 29 heavy (non-hydrogen) atoms. The van der Waals surface area contributed by atoms with Crippen LogP contribution in [-0.4, -0.2) is 24.0 Å². The Balaban J connectivity index is 1.29. The zero-order valence-corrected chi connectivity index (χ0v) is 19.9. The van der Waals surface area contributed by atoms with Crippen molar-refractivity contribution < 1.29 is 0 Å². The highest BCUT2D eigenvalue weighted by atomic mass is 15.2. The number of likely N-dealkylation sites (tertiary alicyclic amines) is 1. The standard InChI is InChI=1S/C28H49N/c1-26(29-24-23-28(2,3)25-29)19-15-12-10-8-6-4-5-7-9-11-13-16-20-27-21-17-14-18-22-27/h14,17-18,21-22,26H,4-13,15-16,19-20,23-25H2,1-3H3. The summed E-state index contributed by atoms with van der Waals surface area (Å²) in [5.41, 5.74) is 2.05. The molecule has 0 bridgehead atoms. The van der Waals surface area contributed by atoms with Crippen LogP contribution in [0, 0.1) is 5.41 Å². The largest absolute Gasteiger partial charge is 0.300 e. The molecule has 1 nitrogen and oxygen atoms in total. The molecule has 0 spiro atoms. The highest BCUT2D eigenvalue weighted by molar-refractivity contribution is 5.14. The van der Waals surface area contributed by atoms with Gasteiger partial charge >= 0.3 is 0 Å². The van der Waals surface area contributed by atoms with Gasteiger partial charge in [-0.2, -0.15) is 0 Å². The van der Waals surface area contributed by atoms with E-state index in [1.807, 2.05) is 0 Å². The molecule has 166 valence electrons. The normalized spacial score (nSPS) is 17.6. The zero-order valence-electron chi connectivity index (χ0n) is 19.9. The molecule has 0 N–H and O–H groups in total. The Labute approximate surface area is 182 Å². The van der Waals surface area contributed by atoms with Crippen molar-refractivity contribution in [3.8, 4) is 0 Å². The minimum Gasteiger partial charge on any atom is -0.300 e. The minimum absolute atomic E-state index is 0.552. The van der Waals surface area contributed by atoms with E-state index in [0.717, 1.165) is 6.04 Å². The maximum atomic E-state index is 2.72. The summed E-state index contributed by atoms with van der Waals surface area (Å²) >= 11 is 0. The monoisotopic (exact) mass is 399 g/mol. The molecule has 1 fully saturated rings. The van der Waals surface area contributed by atoms with E-state index in [0.29, 0.717) is 5.41 Å². The summed E-state index contributed by atoms with van der Waals surface area (Å²) in [7, 11) is 0. The summed E-state index contributed by atoms with van der Waals surface area (Å²) in [5, 5.41) is 0. The minimum atomic E-state index is 0.552. The summed E-state index contributed by atoms with van der Waals surface area (Å²) in [4.78, 5) is 2.72. The van der Waals surface area contributed by atoms with Gasteiger partial charge in [0.15, 0.2) is 0 Å². The second kappa shape index (κ2) is 14.2. The first-order chi connectivity index (χ1) is 14.1. The van der Waals surface area contributed by atoms with Crippen LogP contribution < -0.4 is 0 Å². The second-order valence-electron chi connectivity index (χ2n) is 10.5. The average molecular weight is 400 g/mol. The van der Waals surface area contributed by atoms with Gasteiger partial charge in [0.1, 0.15) is 0 Å².